The number of carbonyl (C=O) groups excluding carboxylic acids is 2. The zero-order chi connectivity index (χ0) is 22.5. The highest BCUT2D eigenvalue weighted by atomic mass is 19.1. The molecular weight excluding hydrogens is 419 g/mol. The summed E-state index contributed by atoms with van der Waals surface area (Å²) in [5, 5.41) is 10.2. The second kappa shape index (κ2) is 9.46. The van der Waals surface area contributed by atoms with Gasteiger partial charge in [-0.15, -0.1) is 5.10 Å². The van der Waals surface area contributed by atoms with Crippen molar-refractivity contribution >= 4 is 23.5 Å². The minimum absolute atomic E-state index is 0.0596. The first-order chi connectivity index (χ1) is 15.5. The van der Waals surface area contributed by atoms with E-state index < -0.39 is 11.7 Å². The van der Waals surface area contributed by atoms with Gasteiger partial charge in [0.05, 0.1) is 12.5 Å². The number of anilines is 2. The normalized spacial score (nSPS) is 15.6. The molecule has 1 saturated heterocycles. The first-order valence-electron chi connectivity index (χ1n) is 10.1. The van der Waals surface area contributed by atoms with Gasteiger partial charge in [-0.3, -0.25) is 14.9 Å². The lowest BCUT2D eigenvalue weighted by Gasteiger charge is -2.16. The van der Waals surface area contributed by atoms with E-state index in [0.29, 0.717) is 18.9 Å². The van der Waals surface area contributed by atoms with Crippen LogP contribution in [-0.2, 0) is 9.59 Å². The van der Waals surface area contributed by atoms with Crippen LogP contribution in [0.25, 0.3) is 0 Å². The molecule has 1 aromatic heterocycles. The van der Waals surface area contributed by atoms with Crippen molar-refractivity contribution in [2.24, 2.45) is 0 Å². The Hall–Kier alpha value is -3.95. The highest BCUT2D eigenvalue weighted by molar-refractivity contribution is 5.96. The third-order valence-corrected chi connectivity index (χ3v) is 4.80. The maximum atomic E-state index is 12.9. The predicted molar refractivity (Wildman–Crippen MR) is 112 cm³/mol. The van der Waals surface area contributed by atoms with Gasteiger partial charge in [0.1, 0.15) is 17.3 Å². The SMILES string of the molecule is CCOc1ccc(N2CC(c3nnc(NC(=O)COc4ccc(F)cc4)o3)CC2=O)cc1. The molecule has 2 heterocycles. The van der Waals surface area contributed by atoms with Gasteiger partial charge >= 0.3 is 6.01 Å². The number of hydrogen-bond donors (Lipinski definition) is 1. The fourth-order valence-electron chi connectivity index (χ4n) is 3.30. The van der Waals surface area contributed by atoms with Gasteiger partial charge in [-0.2, -0.15) is 0 Å². The van der Waals surface area contributed by atoms with Gasteiger partial charge in [-0.05, 0) is 55.5 Å². The van der Waals surface area contributed by atoms with Crippen molar-refractivity contribution in [2.45, 2.75) is 19.3 Å². The molecule has 0 aliphatic carbocycles. The first kappa shape index (κ1) is 21.3. The number of rotatable bonds is 8. The molecule has 2 amide bonds. The minimum Gasteiger partial charge on any atom is -0.494 e. The molecule has 1 N–H and O–H groups in total. The molecule has 0 saturated carbocycles. The Morgan fingerprint density at radius 1 is 1.12 bits per heavy atom. The molecule has 1 unspecified atom stereocenters. The van der Waals surface area contributed by atoms with Crippen molar-refractivity contribution in [1.29, 1.82) is 0 Å². The average Bonchev–Trinajstić information content (AvgIpc) is 3.41. The highest BCUT2D eigenvalue weighted by Crippen LogP contribution is 2.32. The first-order valence-corrected chi connectivity index (χ1v) is 10.1. The number of hydrogen-bond acceptors (Lipinski definition) is 7. The van der Waals surface area contributed by atoms with Crippen molar-refractivity contribution in [1.82, 2.24) is 10.2 Å². The van der Waals surface area contributed by atoms with Crippen LogP contribution in [0.3, 0.4) is 0 Å². The van der Waals surface area contributed by atoms with E-state index in [2.05, 4.69) is 15.5 Å². The maximum Gasteiger partial charge on any atom is 0.322 e. The third-order valence-electron chi connectivity index (χ3n) is 4.80. The highest BCUT2D eigenvalue weighted by Gasteiger charge is 2.35. The van der Waals surface area contributed by atoms with E-state index in [4.69, 9.17) is 13.9 Å². The van der Waals surface area contributed by atoms with Crippen LogP contribution < -0.4 is 19.7 Å². The minimum atomic E-state index is -0.511. The largest absolute Gasteiger partial charge is 0.494 e. The fraction of sp³-hybridized carbons (Fsp3) is 0.273. The molecule has 1 atom stereocenters. The summed E-state index contributed by atoms with van der Waals surface area (Å²) in [6, 6.07) is 12.5. The summed E-state index contributed by atoms with van der Waals surface area (Å²) in [6.45, 7) is 2.55. The molecule has 166 valence electrons. The van der Waals surface area contributed by atoms with E-state index in [1.54, 1.807) is 4.90 Å². The quantitative estimate of drug-likeness (QED) is 0.573. The number of nitrogens with zero attached hydrogens (tertiary/aromatic N) is 3. The second-order valence-corrected chi connectivity index (χ2v) is 7.07. The van der Waals surface area contributed by atoms with E-state index in [-0.39, 0.29) is 36.8 Å². The Kier molecular flexibility index (Phi) is 6.29. The van der Waals surface area contributed by atoms with Gasteiger partial charge < -0.3 is 18.8 Å². The molecule has 10 heteroatoms. The van der Waals surface area contributed by atoms with Gasteiger partial charge in [0.2, 0.25) is 11.8 Å². The number of aromatic nitrogens is 2. The number of nitrogens with one attached hydrogen (secondary N) is 1. The van der Waals surface area contributed by atoms with Crippen molar-refractivity contribution in [3.8, 4) is 11.5 Å². The molecule has 1 fully saturated rings. The van der Waals surface area contributed by atoms with Gasteiger partial charge in [-0.1, -0.05) is 5.10 Å². The molecular formula is C22H21FN4O5. The van der Waals surface area contributed by atoms with Crippen molar-refractivity contribution < 1.29 is 27.9 Å². The van der Waals surface area contributed by atoms with Gasteiger partial charge in [0, 0.05) is 18.7 Å². The lowest BCUT2D eigenvalue weighted by atomic mass is 10.1. The van der Waals surface area contributed by atoms with E-state index in [0.717, 1.165) is 11.4 Å². The molecule has 0 bridgehead atoms. The van der Waals surface area contributed by atoms with Crippen molar-refractivity contribution in [2.75, 3.05) is 30.0 Å². The molecule has 1 aliphatic heterocycles. The third kappa shape index (κ3) is 5.02. The van der Waals surface area contributed by atoms with Gasteiger partial charge in [0.15, 0.2) is 6.61 Å². The lowest BCUT2D eigenvalue weighted by molar-refractivity contribution is -0.118. The Bertz CT molecular complexity index is 1080. The van der Waals surface area contributed by atoms with E-state index in [1.807, 2.05) is 31.2 Å². The summed E-state index contributed by atoms with van der Waals surface area (Å²) >= 11 is 0. The van der Waals surface area contributed by atoms with Crippen molar-refractivity contribution in [3.63, 3.8) is 0 Å². The van der Waals surface area contributed by atoms with Gasteiger partial charge in [-0.25, -0.2) is 4.39 Å². The molecule has 9 nitrogen and oxygen atoms in total. The van der Waals surface area contributed by atoms with Gasteiger partial charge in [0.25, 0.3) is 5.91 Å². The smallest absolute Gasteiger partial charge is 0.322 e. The molecule has 2 aromatic carbocycles. The summed E-state index contributed by atoms with van der Waals surface area (Å²) in [5.41, 5.74) is 0.756. The van der Waals surface area contributed by atoms with Crippen LogP contribution in [0.1, 0.15) is 25.2 Å². The summed E-state index contributed by atoms with van der Waals surface area (Å²) in [7, 11) is 0. The molecule has 0 radical (unpaired) electrons. The van der Waals surface area contributed by atoms with Crippen LogP contribution in [0, 0.1) is 5.82 Å². The van der Waals surface area contributed by atoms with E-state index in [1.165, 1.54) is 24.3 Å². The second-order valence-electron chi connectivity index (χ2n) is 7.07. The van der Waals surface area contributed by atoms with E-state index >= 15 is 0 Å². The number of halogens is 1. The van der Waals surface area contributed by atoms with E-state index in [9.17, 15) is 14.0 Å². The summed E-state index contributed by atoms with van der Waals surface area (Å²) in [6.07, 6.45) is 0.219. The molecule has 4 rings (SSSR count). The zero-order valence-electron chi connectivity index (χ0n) is 17.3. The van der Waals surface area contributed by atoms with Crippen LogP contribution in [-0.4, -0.2) is 41.8 Å². The summed E-state index contributed by atoms with van der Waals surface area (Å²) in [5.74, 6) is 0.0985. The molecule has 3 aromatic rings. The Balaban J connectivity index is 1.32. The number of amides is 2. The monoisotopic (exact) mass is 440 g/mol. The molecule has 1 aliphatic rings. The van der Waals surface area contributed by atoms with Crippen LogP contribution in [0.5, 0.6) is 11.5 Å². The lowest BCUT2D eigenvalue weighted by Crippen LogP contribution is -2.24. The van der Waals surface area contributed by atoms with Crippen LogP contribution in [0.2, 0.25) is 0 Å². The Morgan fingerprint density at radius 2 is 1.81 bits per heavy atom. The van der Waals surface area contributed by atoms with Crippen molar-refractivity contribution in [3.05, 3.63) is 60.2 Å². The summed E-state index contributed by atoms with van der Waals surface area (Å²) < 4.78 is 29.1. The fourth-order valence-corrected chi connectivity index (χ4v) is 3.30. The topological polar surface area (TPSA) is 107 Å². The number of carbonyl (C=O) groups is 2. The zero-order valence-corrected chi connectivity index (χ0v) is 17.3. The van der Waals surface area contributed by atoms with Crippen LogP contribution >= 0.6 is 0 Å². The number of ether oxygens (including phenoxy) is 2. The number of benzene rings is 2. The summed E-state index contributed by atoms with van der Waals surface area (Å²) in [4.78, 5) is 26.2. The molecule has 0 spiro atoms. The molecule has 32 heavy (non-hydrogen) atoms. The maximum absolute atomic E-state index is 12.9. The van der Waals surface area contributed by atoms with Crippen LogP contribution in [0.15, 0.2) is 52.9 Å². The Labute approximate surface area is 183 Å². The van der Waals surface area contributed by atoms with Crippen LogP contribution in [0.4, 0.5) is 16.1 Å². The average molecular weight is 440 g/mol. The standard InChI is InChI=1S/C22H21FN4O5/c1-2-30-17-9-5-16(6-10-17)27-12-14(11-20(27)29)21-25-26-22(32-21)24-19(28)13-31-18-7-3-15(23)4-8-18/h3-10,14H,2,11-13H2,1H3,(H,24,26,28). The predicted octanol–water partition coefficient (Wildman–Crippen LogP) is 3.15. The Morgan fingerprint density at radius 3 is 2.53 bits per heavy atom.